The lowest BCUT2D eigenvalue weighted by Gasteiger charge is -2.06. The molecule has 2 aromatic carbocycles. The Bertz CT molecular complexity index is 885. The molecule has 5 heteroatoms. The third-order valence-corrected chi connectivity index (χ3v) is 4.08. The first-order chi connectivity index (χ1) is 11.8. The highest BCUT2D eigenvalue weighted by Gasteiger charge is 2.18. The number of nitrogens with two attached hydrogens (primary N) is 1. The van der Waals surface area contributed by atoms with Gasteiger partial charge in [-0.15, -0.1) is 0 Å². The van der Waals surface area contributed by atoms with Crippen molar-refractivity contribution < 1.29 is 9.47 Å². The van der Waals surface area contributed by atoms with Crippen LogP contribution in [0, 0.1) is 0 Å². The molecule has 24 heavy (non-hydrogen) atoms. The van der Waals surface area contributed by atoms with Gasteiger partial charge >= 0.3 is 0 Å². The van der Waals surface area contributed by atoms with Crippen molar-refractivity contribution in [3.63, 3.8) is 0 Å². The first kappa shape index (κ1) is 14.8. The fraction of sp³-hybridized carbons (Fsp3) is 0.211. The highest BCUT2D eigenvalue weighted by atomic mass is 16.7. The van der Waals surface area contributed by atoms with Crippen LogP contribution in [0.2, 0.25) is 0 Å². The van der Waals surface area contributed by atoms with Gasteiger partial charge in [0.2, 0.25) is 6.79 Å². The second-order valence-corrected chi connectivity index (χ2v) is 5.70. The summed E-state index contributed by atoms with van der Waals surface area (Å²) in [6, 6.07) is 14.1. The number of rotatable bonds is 5. The predicted molar refractivity (Wildman–Crippen MR) is 94.9 cm³/mol. The van der Waals surface area contributed by atoms with Crippen LogP contribution in [-0.2, 0) is 6.54 Å². The molecule has 1 aliphatic heterocycles. The lowest BCUT2D eigenvalue weighted by atomic mass is 10.2. The zero-order valence-electron chi connectivity index (χ0n) is 13.3. The van der Waals surface area contributed by atoms with Gasteiger partial charge in [-0.1, -0.05) is 36.4 Å². The lowest BCUT2D eigenvalue weighted by molar-refractivity contribution is 0.174. The van der Waals surface area contributed by atoms with E-state index in [9.17, 15) is 0 Å². The van der Waals surface area contributed by atoms with Gasteiger partial charge < -0.3 is 19.8 Å². The van der Waals surface area contributed by atoms with Crippen LogP contribution < -0.4 is 15.2 Å². The van der Waals surface area contributed by atoms with Crippen molar-refractivity contribution >= 4 is 23.2 Å². The standard InChI is InChI=1S/C19H19N3O2/c20-9-4-10-22-16-12-18-17(23-13-24-18)11-15(16)21-19(22)8-7-14-5-2-1-3-6-14/h1-3,5-8,11-12H,4,9-10,13,20H2/b8-7+. The molecule has 4 rings (SSSR count). The SMILES string of the molecule is NCCCn1c(/C=C/c2ccccc2)nc2cc3c(cc21)OCO3. The van der Waals surface area contributed by atoms with Crippen molar-refractivity contribution in [3.05, 3.63) is 53.9 Å². The molecule has 0 bridgehead atoms. The van der Waals surface area contributed by atoms with E-state index in [4.69, 9.17) is 20.2 Å². The minimum absolute atomic E-state index is 0.269. The highest BCUT2D eigenvalue weighted by molar-refractivity contribution is 5.83. The average molecular weight is 321 g/mol. The van der Waals surface area contributed by atoms with Crippen LogP contribution >= 0.6 is 0 Å². The zero-order chi connectivity index (χ0) is 16.4. The lowest BCUT2D eigenvalue weighted by Crippen LogP contribution is -2.07. The van der Waals surface area contributed by atoms with Crippen LogP contribution in [0.3, 0.4) is 0 Å². The first-order valence-corrected chi connectivity index (χ1v) is 8.08. The molecule has 0 fully saturated rings. The molecule has 0 amide bonds. The second-order valence-electron chi connectivity index (χ2n) is 5.70. The van der Waals surface area contributed by atoms with E-state index >= 15 is 0 Å². The Morgan fingerprint density at radius 3 is 2.67 bits per heavy atom. The number of hydrogen-bond acceptors (Lipinski definition) is 4. The Morgan fingerprint density at radius 1 is 1.08 bits per heavy atom. The summed E-state index contributed by atoms with van der Waals surface area (Å²) in [4.78, 5) is 4.76. The molecule has 0 saturated heterocycles. The monoisotopic (exact) mass is 321 g/mol. The van der Waals surface area contributed by atoms with E-state index in [0.717, 1.165) is 46.9 Å². The van der Waals surface area contributed by atoms with Crippen molar-refractivity contribution in [1.82, 2.24) is 9.55 Å². The van der Waals surface area contributed by atoms with Crippen molar-refractivity contribution in [2.45, 2.75) is 13.0 Å². The summed E-state index contributed by atoms with van der Waals surface area (Å²) < 4.78 is 13.1. The average Bonchev–Trinajstić information content (AvgIpc) is 3.20. The van der Waals surface area contributed by atoms with Gasteiger partial charge in [0.1, 0.15) is 5.82 Å². The van der Waals surface area contributed by atoms with E-state index in [1.165, 1.54) is 0 Å². The van der Waals surface area contributed by atoms with E-state index in [0.29, 0.717) is 6.54 Å². The molecule has 2 heterocycles. The quantitative estimate of drug-likeness (QED) is 0.783. The molecule has 0 unspecified atom stereocenters. The van der Waals surface area contributed by atoms with E-state index < -0.39 is 0 Å². The summed E-state index contributed by atoms with van der Waals surface area (Å²) in [6.07, 6.45) is 5.01. The maximum absolute atomic E-state index is 5.70. The molecule has 0 atom stereocenters. The summed E-state index contributed by atoms with van der Waals surface area (Å²) >= 11 is 0. The second kappa shape index (κ2) is 6.37. The normalized spacial score (nSPS) is 13.2. The number of benzene rings is 2. The van der Waals surface area contributed by atoms with E-state index in [1.54, 1.807) is 0 Å². The van der Waals surface area contributed by atoms with Crippen LogP contribution in [0.5, 0.6) is 11.5 Å². The van der Waals surface area contributed by atoms with Crippen LogP contribution in [0.15, 0.2) is 42.5 Å². The van der Waals surface area contributed by atoms with Gasteiger partial charge in [0, 0.05) is 18.7 Å². The number of ether oxygens (including phenoxy) is 2. The van der Waals surface area contributed by atoms with Gasteiger partial charge in [-0.3, -0.25) is 0 Å². The largest absolute Gasteiger partial charge is 0.454 e. The minimum atomic E-state index is 0.269. The molecule has 0 aliphatic carbocycles. The Hall–Kier alpha value is -2.79. The summed E-state index contributed by atoms with van der Waals surface area (Å²) in [5, 5.41) is 0. The highest BCUT2D eigenvalue weighted by Crippen LogP contribution is 2.36. The fourth-order valence-corrected chi connectivity index (χ4v) is 2.88. The molecule has 3 aromatic rings. The van der Waals surface area contributed by atoms with Gasteiger partial charge in [-0.25, -0.2) is 4.98 Å². The molecular weight excluding hydrogens is 302 g/mol. The van der Waals surface area contributed by atoms with Gasteiger partial charge in [0.25, 0.3) is 0 Å². The number of nitrogens with zero attached hydrogens (tertiary/aromatic N) is 2. The summed E-state index contributed by atoms with van der Waals surface area (Å²) in [7, 11) is 0. The van der Waals surface area contributed by atoms with E-state index in [-0.39, 0.29) is 6.79 Å². The Kier molecular flexibility index (Phi) is 3.92. The molecule has 1 aromatic heterocycles. The molecular formula is C19H19N3O2. The number of aromatic nitrogens is 2. The third-order valence-electron chi connectivity index (χ3n) is 4.08. The van der Waals surface area contributed by atoms with Gasteiger partial charge in [0.05, 0.1) is 11.0 Å². The number of fused-ring (bicyclic) bond motifs is 2. The Balaban J connectivity index is 1.77. The molecule has 2 N–H and O–H groups in total. The molecule has 0 saturated carbocycles. The smallest absolute Gasteiger partial charge is 0.231 e. The molecule has 5 nitrogen and oxygen atoms in total. The third kappa shape index (κ3) is 2.74. The maximum Gasteiger partial charge on any atom is 0.231 e. The Morgan fingerprint density at radius 2 is 1.88 bits per heavy atom. The summed E-state index contributed by atoms with van der Waals surface area (Å²) in [5.41, 5.74) is 8.79. The maximum atomic E-state index is 5.70. The first-order valence-electron chi connectivity index (χ1n) is 8.08. The topological polar surface area (TPSA) is 62.3 Å². The molecule has 122 valence electrons. The van der Waals surface area contributed by atoms with Crippen molar-refractivity contribution in [2.24, 2.45) is 5.73 Å². The van der Waals surface area contributed by atoms with E-state index in [1.807, 2.05) is 36.4 Å². The Labute approximate surface area is 140 Å². The number of imidazole rings is 1. The van der Waals surface area contributed by atoms with Crippen molar-refractivity contribution in [1.29, 1.82) is 0 Å². The van der Waals surface area contributed by atoms with Crippen molar-refractivity contribution in [3.8, 4) is 11.5 Å². The van der Waals surface area contributed by atoms with Gasteiger partial charge in [-0.2, -0.15) is 0 Å². The van der Waals surface area contributed by atoms with Crippen molar-refractivity contribution in [2.75, 3.05) is 13.3 Å². The number of hydrogen-bond donors (Lipinski definition) is 1. The summed E-state index contributed by atoms with van der Waals surface area (Å²) in [6.45, 7) is 1.73. The van der Waals surface area contributed by atoms with E-state index in [2.05, 4.69) is 22.8 Å². The number of aryl methyl sites for hydroxylation is 1. The predicted octanol–water partition coefficient (Wildman–Crippen LogP) is 3.28. The van der Waals surface area contributed by atoms with Gasteiger partial charge in [-0.05, 0) is 24.6 Å². The minimum Gasteiger partial charge on any atom is -0.454 e. The van der Waals surface area contributed by atoms with Crippen LogP contribution in [0.25, 0.3) is 23.2 Å². The van der Waals surface area contributed by atoms with Crippen LogP contribution in [0.4, 0.5) is 0 Å². The van der Waals surface area contributed by atoms with Crippen LogP contribution in [0.1, 0.15) is 17.8 Å². The zero-order valence-corrected chi connectivity index (χ0v) is 13.3. The molecule has 1 aliphatic rings. The summed E-state index contributed by atoms with van der Waals surface area (Å²) in [5.74, 6) is 2.44. The molecule has 0 spiro atoms. The molecule has 0 radical (unpaired) electrons. The van der Waals surface area contributed by atoms with Gasteiger partial charge in [0.15, 0.2) is 11.5 Å². The fourth-order valence-electron chi connectivity index (χ4n) is 2.88. The van der Waals surface area contributed by atoms with Crippen LogP contribution in [-0.4, -0.2) is 22.9 Å².